The SMILES string of the molecule is Cc1ccc2oc(C(=O)OCC(=O)c3ccc(C)c(C)c3)cc(=O)c2c1. The number of aryl methyl sites for hydroxylation is 3. The first-order valence-electron chi connectivity index (χ1n) is 8.17. The number of hydrogen-bond donors (Lipinski definition) is 0. The van der Waals surface area contributed by atoms with Crippen LogP contribution < -0.4 is 5.43 Å². The number of ether oxygens (including phenoxy) is 1. The molecule has 0 fully saturated rings. The summed E-state index contributed by atoms with van der Waals surface area (Å²) in [7, 11) is 0. The molecule has 5 nitrogen and oxygen atoms in total. The average Bonchev–Trinajstić information content (AvgIpc) is 2.62. The highest BCUT2D eigenvalue weighted by molar-refractivity contribution is 5.99. The molecule has 0 unspecified atom stereocenters. The maximum Gasteiger partial charge on any atom is 0.374 e. The molecule has 1 aromatic heterocycles. The Morgan fingerprint density at radius 3 is 2.46 bits per heavy atom. The lowest BCUT2D eigenvalue weighted by Gasteiger charge is -2.06. The van der Waals surface area contributed by atoms with Crippen molar-refractivity contribution in [1.82, 2.24) is 0 Å². The second kappa shape index (κ2) is 6.96. The van der Waals surface area contributed by atoms with Gasteiger partial charge >= 0.3 is 5.97 Å². The van der Waals surface area contributed by atoms with Gasteiger partial charge in [-0.1, -0.05) is 23.8 Å². The summed E-state index contributed by atoms with van der Waals surface area (Å²) in [5.41, 5.74) is 3.41. The number of Topliss-reactive ketones (excluding diaryl/α,β-unsaturated/α-hetero) is 1. The topological polar surface area (TPSA) is 73.6 Å². The Balaban J connectivity index is 1.76. The summed E-state index contributed by atoms with van der Waals surface area (Å²) in [4.78, 5) is 36.5. The van der Waals surface area contributed by atoms with E-state index < -0.39 is 12.6 Å². The fourth-order valence-corrected chi connectivity index (χ4v) is 2.57. The second-order valence-corrected chi connectivity index (χ2v) is 6.27. The van der Waals surface area contributed by atoms with E-state index in [1.54, 1.807) is 30.3 Å². The van der Waals surface area contributed by atoms with E-state index in [2.05, 4.69) is 0 Å². The predicted molar refractivity (Wildman–Crippen MR) is 97.8 cm³/mol. The third-order valence-corrected chi connectivity index (χ3v) is 4.25. The van der Waals surface area contributed by atoms with E-state index in [-0.39, 0.29) is 17.0 Å². The fourth-order valence-electron chi connectivity index (χ4n) is 2.57. The summed E-state index contributed by atoms with van der Waals surface area (Å²) < 4.78 is 10.5. The van der Waals surface area contributed by atoms with Crippen LogP contribution in [0.4, 0.5) is 0 Å². The first-order chi connectivity index (χ1) is 12.3. The van der Waals surface area contributed by atoms with E-state index >= 15 is 0 Å². The number of esters is 1. The van der Waals surface area contributed by atoms with Crippen LogP contribution in [0.5, 0.6) is 0 Å². The van der Waals surface area contributed by atoms with Gasteiger partial charge in [0.1, 0.15) is 5.58 Å². The fraction of sp³-hybridized carbons (Fsp3) is 0.190. The van der Waals surface area contributed by atoms with Crippen molar-refractivity contribution in [3.63, 3.8) is 0 Å². The Hall–Kier alpha value is -3.21. The molecule has 0 saturated carbocycles. The van der Waals surface area contributed by atoms with Gasteiger partial charge in [0.2, 0.25) is 5.76 Å². The zero-order chi connectivity index (χ0) is 18.8. The molecule has 132 valence electrons. The monoisotopic (exact) mass is 350 g/mol. The summed E-state index contributed by atoms with van der Waals surface area (Å²) >= 11 is 0. The van der Waals surface area contributed by atoms with Crippen molar-refractivity contribution in [1.29, 1.82) is 0 Å². The van der Waals surface area contributed by atoms with Crippen LogP contribution in [0.2, 0.25) is 0 Å². The lowest BCUT2D eigenvalue weighted by molar-refractivity contribution is 0.0444. The molecule has 0 aliphatic rings. The van der Waals surface area contributed by atoms with Crippen LogP contribution >= 0.6 is 0 Å². The lowest BCUT2D eigenvalue weighted by Crippen LogP contribution is -2.16. The standard InChI is InChI=1S/C21H18O5/c1-12-4-7-19-16(8-12)17(22)10-20(26-19)21(24)25-11-18(23)15-6-5-13(2)14(3)9-15/h4-10H,11H2,1-3H3. The van der Waals surface area contributed by atoms with Crippen molar-refractivity contribution in [3.05, 3.63) is 80.7 Å². The molecule has 0 N–H and O–H groups in total. The van der Waals surface area contributed by atoms with Gasteiger partial charge in [0, 0.05) is 11.6 Å². The Bertz CT molecular complexity index is 1080. The van der Waals surface area contributed by atoms with Crippen molar-refractivity contribution in [2.45, 2.75) is 20.8 Å². The first-order valence-corrected chi connectivity index (χ1v) is 8.17. The molecule has 0 aliphatic heterocycles. The summed E-state index contributed by atoms with van der Waals surface area (Å²) in [6.45, 7) is 5.30. The number of benzene rings is 2. The van der Waals surface area contributed by atoms with Gasteiger partial charge in [0.15, 0.2) is 17.8 Å². The van der Waals surface area contributed by atoms with Crippen molar-refractivity contribution in [2.75, 3.05) is 6.61 Å². The molecular weight excluding hydrogens is 332 g/mol. The molecule has 5 heteroatoms. The molecule has 0 aliphatic carbocycles. The van der Waals surface area contributed by atoms with E-state index in [4.69, 9.17) is 9.15 Å². The van der Waals surface area contributed by atoms with Crippen molar-refractivity contribution >= 4 is 22.7 Å². The number of ketones is 1. The van der Waals surface area contributed by atoms with Crippen LogP contribution in [-0.2, 0) is 4.74 Å². The number of hydrogen-bond acceptors (Lipinski definition) is 5. The third kappa shape index (κ3) is 3.57. The Labute approximate surface area is 150 Å². The largest absolute Gasteiger partial charge is 0.451 e. The molecule has 0 spiro atoms. The average molecular weight is 350 g/mol. The predicted octanol–water partition coefficient (Wildman–Crippen LogP) is 3.76. The van der Waals surface area contributed by atoms with Crippen LogP contribution in [0, 0.1) is 20.8 Å². The molecule has 3 aromatic rings. The van der Waals surface area contributed by atoms with Crippen LogP contribution in [0.1, 0.15) is 37.6 Å². The zero-order valence-electron chi connectivity index (χ0n) is 14.8. The molecule has 1 heterocycles. The number of rotatable bonds is 4. The van der Waals surface area contributed by atoms with E-state index in [1.807, 2.05) is 26.8 Å². The summed E-state index contributed by atoms with van der Waals surface area (Å²) in [6.07, 6.45) is 0. The molecule has 0 radical (unpaired) electrons. The van der Waals surface area contributed by atoms with E-state index in [0.29, 0.717) is 16.5 Å². The number of carbonyl (C=O) groups is 2. The Morgan fingerprint density at radius 2 is 1.73 bits per heavy atom. The molecule has 0 amide bonds. The second-order valence-electron chi connectivity index (χ2n) is 6.27. The highest BCUT2D eigenvalue weighted by Gasteiger charge is 2.16. The van der Waals surface area contributed by atoms with Crippen LogP contribution in [0.25, 0.3) is 11.0 Å². The molecule has 0 bridgehead atoms. The summed E-state index contributed by atoms with van der Waals surface area (Å²) in [6, 6.07) is 11.5. The molecular formula is C21H18O5. The molecule has 0 atom stereocenters. The van der Waals surface area contributed by atoms with Gasteiger partial charge < -0.3 is 9.15 Å². The van der Waals surface area contributed by atoms with Crippen molar-refractivity contribution in [3.8, 4) is 0 Å². The highest BCUT2D eigenvalue weighted by atomic mass is 16.5. The first kappa shape index (κ1) is 17.6. The van der Waals surface area contributed by atoms with Gasteiger partial charge in [-0.2, -0.15) is 0 Å². The summed E-state index contributed by atoms with van der Waals surface area (Å²) in [5, 5.41) is 0.396. The number of carbonyl (C=O) groups excluding carboxylic acids is 2. The van der Waals surface area contributed by atoms with Gasteiger partial charge in [-0.25, -0.2) is 4.79 Å². The van der Waals surface area contributed by atoms with Gasteiger partial charge in [-0.3, -0.25) is 9.59 Å². The Kier molecular flexibility index (Phi) is 4.71. The minimum absolute atomic E-state index is 0.223. The molecule has 2 aromatic carbocycles. The normalized spacial score (nSPS) is 10.7. The van der Waals surface area contributed by atoms with Crippen LogP contribution in [0.3, 0.4) is 0 Å². The van der Waals surface area contributed by atoms with Crippen LogP contribution in [0.15, 0.2) is 51.7 Å². The van der Waals surface area contributed by atoms with Crippen molar-refractivity contribution < 1.29 is 18.7 Å². The van der Waals surface area contributed by atoms with E-state index in [9.17, 15) is 14.4 Å². The third-order valence-electron chi connectivity index (χ3n) is 4.25. The van der Waals surface area contributed by atoms with Gasteiger partial charge in [0.05, 0.1) is 5.39 Å². The van der Waals surface area contributed by atoms with Gasteiger partial charge in [-0.05, 0) is 50.1 Å². The number of fused-ring (bicyclic) bond motifs is 1. The maximum absolute atomic E-state index is 12.2. The molecule has 26 heavy (non-hydrogen) atoms. The van der Waals surface area contributed by atoms with Crippen molar-refractivity contribution in [2.24, 2.45) is 0 Å². The minimum atomic E-state index is -0.846. The maximum atomic E-state index is 12.2. The zero-order valence-corrected chi connectivity index (χ0v) is 14.8. The van der Waals surface area contributed by atoms with E-state index in [1.165, 1.54) is 0 Å². The summed E-state index contributed by atoms with van der Waals surface area (Å²) in [5.74, 6) is -1.39. The lowest BCUT2D eigenvalue weighted by atomic mass is 10.0. The molecule has 0 saturated heterocycles. The highest BCUT2D eigenvalue weighted by Crippen LogP contribution is 2.15. The quantitative estimate of drug-likeness (QED) is 0.529. The minimum Gasteiger partial charge on any atom is -0.451 e. The Morgan fingerprint density at radius 1 is 0.962 bits per heavy atom. The van der Waals surface area contributed by atoms with Gasteiger partial charge in [0.25, 0.3) is 0 Å². The smallest absolute Gasteiger partial charge is 0.374 e. The molecule has 3 rings (SSSR count). The van der Waals surface area contributed by atoms with E-state index in [0.717, 1.165) is 22.8 Å². The van der Waals surface area contributed by atoms with Crippen LogP contribution in [-0.4, -0.2) is 18.4 Å². The van der Waals surface area contributed by atoms with Gasteiger partial charge in [-0.15, -0.1) is 0 Å².